The Labute approximate surface area is 128 Å². The predicted octanol–water partition coefficient (Wildman–Crippen LogP) is 1.61. The fraction of sp³-hybridized carbons (Fsp3) is 0.600. The monoisotopic (exact) mass is 311 g/mol. The molecule has 0 aromatic heterocycles. The zero-order valence-electron chi connectivity index (χ0n) is 13.1. The first-order chi connectivity index (χ1) is 9.94. The van der Waals surface area contributed by atoms with Crippen molar-refractivity contribution in [1.29, 1.82) is 0 Å². The third kappa shape index (κ3) is 3.89. The van der Waals surface area contributed by atoms with Crippen LogP contribution in [0.5, 0.6) is 0 Å². The van der Waals surface area contributed by atoms with Gasteiger partial charge < -0.3 is 9.80 Å². The number of nitrogens with zero attached hydrogens (tertiary/aromatic N) is 3. The molecule has 0 N–H and O–H groups in total. The number of hydrogen-bond acceptors (Lipinski definition) is 4. The minimum atomic E-state index is -3.06. The molecular weight excluding hydrogens is 286 g/mol. The summed E-state index contributed by atoms with van der Waals surface area (Å²) in [6.45, 7) is 4.57. The fourth-order valence-corrected chi connectivity index (χ4v) is 4.07. The van der Waals surface area contributed by atoms with Crippen molar-refractivity contribution in [2.24, 2.45) is 0 Å². The van der Waals surface area contributed by atoms with E-state index in [0.717, 1.165) is 18.8 Å². The van der Waals surface area contributed by atoms with Gasteiger partial charge in [-0.05, 0) is 30.7 Å². The Hall–Kier alpha value is -1.27. The van der Waals surface area contributed by atoms with Crippen molar-refractivity contribution >= 4 is 21.4 Å². The molecule has 1 heterocycles. The highest BCUT2D eigenvalue weighted by Crippen LogP contribution is 2.21. The molecule has 1 fully saturated rings. The normalized spacial score (nSPS) is 17.0. The summed E-state index contributed by atoms with van der Waals surface area (Å²) in [6, 6.07) is 8.39. The summed E-state index contributed by atoms with van der Waals surface area (Å²) < 4.78 is 25.7. The zero-order valence-corrected chi connectivity index (χ0v) is 13.9. The Morgan fingerprint density at radius 3 is 2.10 bits per heavy atom. The van der Waals surface area contributed by atoms with Gasteiger partial charge in [-0.2, -0.15) is 4.31 Å². The number of benzene rings is 1. The molecule has 1 aliphatic heterocycles. The topological polar surface area (TPSA) is 43.9 Å². The maximum absolute atomic E-state index is 12.1. The maximum Gasteiger partial charge on any atom is 0.214 e. The Morgan fingerprint density at radius 2 is 1.62 bits per heavy atom. The summed E-state index contributed by atoms with van der Waals surface area (Å²) in [6.07, 6.45) is 0.675. The van der Waals surface area contributed by atoms with Crippen molar-refractivity contribution in [2.75, 3.05) is 55.8 Å². The van der Waals surface area contributed by atoms with Crippen molar-refractivity contribution in [3.05, 3.63) is 24.3 Å². The van der Waals surface area contributed by atoms with Crippen LogP contribution in [0.3, 0.4) is 0 Å². The minimum Gasteiger partial charge on any atom is -0.378 e. The SMILES string of the molecule is CCCS(=O)(=O)N1CCN(c2ccc(N(C)C)cc2)CC1. The van der Waals surface area contributed by atoms with Gasteiger partial charge in [0.05, 0.1) is 5.75 Å². The predicted molar refractivity (Wildman–Crippen MR) is 88.6 cm³/mol. The van der Waals surface area contributed by atoms with Crippen LogP contribution in [0.15, 0.2) is 24.3 Å². The van der Waals surface area contributed by atoms with Gasteiger partial charge in [-0.15, -0.1) is 0 Å². The van der Waals surface area contributed by atoms with Gasteiger partial charge >= 0.3 is 0 Å². The Kier molecular flexibility index (Phi) is 5.11. The van der Waals surface area contributed by atoms with Crippen molar-refractivity contribution in [3.8, 4) is 0 Å². The lowest BCUT2D eigenvalue weighted by atomic mass is 10.2. The number of anilines is 2. The molecule has 0 atom stereocenters. The van der Waals surface area contributed by atoms with Crippen molar-refractivity contribution in [2.45, 2.75) is 13.3 Å². The molecule has 0 aliphatic carbocycles. The van der Waals surface area contributed by atoms with E-state index in [1.54, 1.807) is 4.31 Å². The summed E-state index contributed by atoms with van der Waals surface area (Å²) in [5, 5.41) is 0. The maximum atomic E-state index is 12.1. The van der Waals surface area contributed by atoms with Gasteiger partial charge in [-0.1, -0.05) is 6.92 Å². The van der Waals surface area contributed by atoms with E-state index >= 15 is 0 Å². The summed E-state index contributed by atoms with van der Waals surface area (Å²) in [4.78, 5) is 4.32. The molecule has 1 aromatic carbocycles. The Morgan fingerprint density at radius 1 is 1.05 bits per heavy atom. The fourth-order valence-electron chi connectivity index (χ4n) is 2.57. The van der Waals surface area contributed by atoms with Gasteiger partial charge in [0.1, 0.15) is 0 Å². The number of piperazine rings is 1. The largest absolute Gasteiger partial charge is 0.378 e. The lowest BCUT2D eigenvalue weighted by molar-refractivity contribution is 0.384. The highest BCUT2D eigenvalue weighted by Gasteiger charge is 2.26. The molecule has 0 amide bonds. The van der Waals surface area contributed by atoms with Gasteiger partial charge in [0.2, 0.25) is 10.0 Å². The third-order valence-corrected chi connectivity index (χ3v) is 5.90. The van der Waals surface area contributed by atoms with E-state index < -0.39 is 10.0 Å². The smallest absolute Gasteiger partial charge is 0.214 e. The Balaban J connectivity index is 1.98. The van der Waals surface area contributed by atoms with Crippen molar-refractivity contribution in [1.82, 2.24) is 4.31 Å². The summed E-state index contributed by atoms with van der Waals surface area (Å²) >= 11 is 0. The summed E-state index contributed by atoms with van der Waals surface area (Å²) in [5.74, 6) is 0.254. The Bertz CT molecular complexity index is 547. The average Bonchev–Trinajstić information content (AvgIpc) is 2.47. The molecule has 0 radical (unpaired) electrons. The van der Waals surface area contributed by atoms with E-state index in [0.29, 0.717) is 19.5 Å². The lowest BCUT2D eigenvalue weighted by Crippen LogP contribution is -2.49. The summed E-state index contributed by atoms with van der Waals surface area (Å²) in [5.41, 5.74) is 2.33. The third-order valence-electron chi connectivity index (χ3n) is 3.83. The molecule has 6 heteroatoms. The highest BCUT2D eigenvalue weighted by molar-refractivity contribution is 7.89. The van der Waals surface area contributed by atoms with E-state index in [-0.39, 0.29) is 5.75 Å². The van der Waals surface area contributed by atoms with E-state index in [1.165, 1.54) is 5.69 Å². The highest BCUT2D eigenvalue weighted by atomic mass is 32.2. The van der Waals surface area contributed by atoms with Crippen LogP contribution in [0.1, 0.15) is 13.3 Å². The van der Waals surface area contributed by atoms with Crippen LogP contribution in [0.2, 0.25) is 0 Å². The molecule has 118 valence electrons. The molecule has 0 spiro atoms. The second kappa shape index (κ2) is 6.66. The van der Waals surface area contributed by atoms with Crippen LogP contribution < -0.4 is 9.80 Å². The van der Waals surface area contributed by atoms with Crippen LogP contribution in [0.4, 0.5) is 11.4 Å². The van der Waals surface area contributed by atoms with Crippen LogP contribution >= 0.6 is 0 Å². The minimum absolute atomic E-state index is 0.254. The molecule has 0 saturated carbocycles. The quantitative estimate of drug-likeness (QED) is 0.829. The van der Waals surface area contributed by atoms with E-state index in [1.807, 2.05) is 21.0 Å². The average molecular weight is 311 g/mol. The second-order valence-electron chi connectivity index (χ2n) is 5.61. The molecule has 21 heavy (non-hydrogen) atoms. The van der Waals surface area contributed by atoms with Gasteiger partial charge in [-0.3, -0.25) is 0 Å². The number of hydrogen-bond donors (Lipinski definition) is 0. The zero-order chi connectivity index (χ0) is 15.5. The molecule has 2 rings (SSSR count). The molecule has 5 nitrogen and oxygen atoms in total. The molecule has 0 unspecified atom stereocenters. The number of sulfonamides is 1. The molecule has 0 bridgehead atoms. The second-order valence-corrected chi connectivity index (χ2v) is 7.70. The standard InChI is InChI=1S/C15H25N3O2S/c1-4-13-21(19,20)18-11-9-17(10-12-18)15-7-5-14(6-8-15)16(2)3/h5-8H,4,9-13H2,1-3H3. The van der Waals surface area contributed by atoms with Crippen LogP contribution in [0, 0.1) is 0 Å². The van der Waals surface area contributed by atoms with Gasteiger partial charge in [0, 0.05) is 51.6 Å². The first kappa shape index (κ1) is 16.1. The molecule has 1 saturated heterocycles. The summed E-state index contributed by atoms with van der Waals surface area (Å²) in [7, 11) is 0.983. The van der Waals surface area contributed by atoms with Gasteiger partial charge in [0.15, 0.2) is 0 Å². The van der Waals surface area contributed by atoms with E-state index in [9.17, 15) is 8.42 Å². The number of rotatable bonds is 5. The van der Waals surface area contributed by atoms with Crippen LogP contribution in [-0.4, -0.2) is 58.8 Å². The first-order valence-corrected chi connectivity index (χ1v) is 9.05. The van der Waals surface area contributed by atoms with Gasteiger partial charge in [-0.25, -0.2) is 8.42 Å². The first-order valence-electron chi connectivity index (χ1n) is 7.44. The molecule has 1 aliphatic rings. The van der Waals surface area contributed by atoms with Gasteiger partial charge in [0.25, 0.3) is 0 Å². The van der Waals surface area contributed by atoms with Crippen molar-refractivity contribution < 1.29 is 8.42 Å². The van der Waals surface area contributed by atoms with E-state index in [4.69, 9.17) is 0 Å². The van der Waals surface area contributed by atoms with Crippen molar-refractivity contribution in [3.63, 3.8) is 0 Å². The van der Waals surface area contributed by atoms with E-state index in [2.05, 4.69) is 34.1 Å². The lowest BCUT2D eigenvalue weighted by Gasteiger charge is -2.35. The molecule has 1 aromatic rings. The van der Waals surface area contributed by atoms with Crippen LogP contribution in [0.25, 0.3) is 0 Å². The molecular formula is C15H25N3O2S. The van der Waals surface area contributed by atoms with Crippen LogP contribution in [-0.2, 0) is 10.0 Å².